The number of hydrogen-bond donors (Lipinski definition) is 1. The second kappa shape index (κ2) is 5.30. The van der Waals surface area contributed by atoms with Crippen LogP contribution < -0.4 is 4.90 Å². The SMILES string of the molecule is Cc1cnc(N2CCCCC2CO)cc1[N+](=O)[O-]. The third-order valence-electron chi connectivity index (χ3n) is 3.39. The van der Waals surface area contributed by atoms with E-state index in [9.17, 15) is 15.2 Å². The molecule has 0 saturated carbocycles. The van der Waals surface area contributed by atoms with E-state index in [2.05, 4.69) is 4.98 Å². The quantitative estimate of drug-likeness (QED) is 0.652. The summed E-state index contributed by atoms with van der Waals surface area (Å²) in [4.78, 5) is 16.7. The Kier molecular flexibility index (Phi) is 3.76. The van der Waals surface area contributed by atoms with Crippen molar-refractivity contribution in [2.24, 2.45) is 0 Å². The van der Waals surface area contributed by atoms with Gasteiger partial charge in [0.25, 0.3) is 5.69 Å². The van der Waals surface area contributed by atoms with Gasteiger partial charge < -0.3 is 10.0 Å². The van der Waals surface area contributed by atoms with Crippen LogP contribution in [0.15, 0.2) is 12.3 Å². The summed E-state index contributed by atoms with van der Waals surface area (Å²) in [5.74, 6) is 0.589. The highest BCUT2D eigenvalue weighted by molar-refractivity contribution is 5.51. The molecule has 6 nitrogen and oxygen atoms in total. The first kappa shape index (κ1) is 12.8. The first-order valence-corrected chi connectivity index (χ1v) is 6.12. The predicted octanol–water partition coefficient (Wildman–Crippen LogP) is 1.65. The van der Waals surface area contributed by atoms with Gasteiger partial charge in [0.2, 0.25) is 0 Å². The van der Waals surface area contributed by atoms with Crippen LogP contribution in [-0.2, 0) is 0 Å². The number of pyridine rings is 1. The summed E-state index contributed by atoms with van der Waals surface area (Å²) < 4.78 is 0. The molecular formula is C12H17N3O3. The van der Waals surface area contributed by atoms with Crippen LogP contribution in [0.1, 0.15) is 24.8 Å². The second-order valence-corrected chi connectivity index (χ2v) is 4.61. The summed E-state index contributed by atoms with van der Waals surface area (Å²) in [7, 11) is 0. The zero-order valence-corrected chi connectivity index (χ0v) is 10.4. The number of aliphatic hydroxyl groups is 1. The van der Waals surface area contributed by atoms with E-state index in [1.54, 1.807) is 6.92 Å². The van der Waals surface area contributed by atoms with Gasteiger partial charge in [-0.25, -0.2) is 4.98 Å². The van der Waals surface area contributed by atoms with Crippen LogP contribution in [0.3, 0.4) is 0 Å². The van der Waals surface area contributed by atoms with Crippen molar-refractivity contribution in [3.63, 3.8) is 0 Å². The molecule has 0 spiro atoms. The van der Waals surface area contributed by atoms with E-state index in [-0.39, 0.29) is 18.3 Å². The van der Waals surface area contributed by atoms with E-state index in [0.29, 0.717) is 11.4 Å². The fraction of sp³-hybridized carbons (Fsp3) is 0.583. The van der Waals surface area contributed by atoms with Gasteiger partial charge in [0.05, 0.1) is 23.6 Å². The lowest BCUT2D eigenvalue weighted by Gasteiger charge is -2.35. The minimum absolute atomic E-state index is 0.0218. The van der Waals surface area contributed by atoms with E-state index < -0.39 is 4.92 Å². The molecule has 1 saturated heterocycles. The summed E-state index contributed by atoms with van der Waals surface area (Å²) >= 11 is 0. The average Bonchev–Trinajstić information content (AvgIpc) is 2.39. The van der Waals surface area contributed by atoms with Crippen molar-refractivity contribution in [1.82, 2.24) is 4.98 Å². The molecule has 0 aromatic carbocycles. The van der Waals surface area contributed by atoms with E-state index in [1.165, 1.54) is 12.3 Å². The highest BCUT2D eigenvalue weighted by atomic mass is 16.6. The molecule has 0 amide bonds. The fourth-order valence-electron chi connectivity index (χ4n) is 2.35. The molecule has 1 unspecified atom stereocenters. The monoisotopic (exact) mass is 251 g/mol. The molecule has 1 N–H and O–H groups in total. The summed E-state index contributed by atoms with van der Waals surface area (Å²) in [6.07, 6.45) is 4.53. The van der Waals surface area contributed by atoms with Crippen LogP contribution >= 0.6 is 0 Å². The van der Waals surface area contributed by atoms with Gasteiger partial charge in [0.1, 0.15) is 5.82 Å². The second-order valence-electron chi connectivity index (χ2n) is 4.61. The van der Waals surface area contributed by atoms with Gasteiger partial charge in [-0.15, -0.1) is 0 Å². The van der Waals surface area contributed by atoms with Gasteiger partial charge >= 0.3 is 0 Å². The Morgan fingerprint density at radius 3 is 3.06 bits per heavy atom. The maximum absolute atomic E-state index is 10.9. The molecule has 2 rings (SSSR count). The van der Waals surface area contributed by atoms with Crippen LogP contribution in [0.4, 0.5) is 11.5 Å². The number of aromatic nitrogens is 1. The minimum Gasteiger partial charge on any atom is -0.394 e. The number of piperidine rings is 1. The molecule has 2 heterocycles. The van der Waals surface area contributed by atoms with Gasteiger partial charge in [-0.3, -0.25) is 10.1 Å². The first-order chi connectivity index (χ1) is 8.63. The Morgan fingerprint density at radius 1 is 1.61 bits per heavy atom. The number of rotatable bonds is 3. The Balaban J connectivity index is 2.32. The molecule has 0 aliphatic carbocycles. The standard InChI is InChI=1S/C12H17N3O3/c1-9-7-13-12(6-11(9)15(17)18)14-5-3-2-4-10(14)8-16/h6-7,10,16H,2-5,8H2,1H3. The van der Waals surface area contributed by atoms with Crippen LogP contribution in [0.2, 0.25) is 0 Å². The number of nitro groups is 1. The molecule has 6 heteroatoms. The number of anilines is 1. The summed E-state index contributed by atoms with van der Waals surface area (Å²) in [5, 5.41) is 20.3. The highest BCUT2D eigenvalue weighted by Crippen LogP contribution is 2.27. The van der Waals surface area contributed by atoms with Crippen molar-refractivity contribution < 1.29 is 10.0 Å². The number of aliphatic hydroxyl groups excluding tert-OH is 1. The van der Waals surface area contributed by atoms with Gasteiger partial charge in [-0.1, -0.05) is 0 Å². The van der Waals surface area contributed by atoms with Gasteiger partial charge in [-0.05, 0) is 26.2 Å². The van der Waals surface area contributed by atoms with Gasteiger partial charge in [-0.2, -0.15) is 0 Å². The normalized spacial score (nSPS) is 19.9. The number of hydrogen-bond acceptors (Lipinski definition) is 5. The van der Waals surface area contributed by atoms with Crippen molar-refractivity contribution >= 4 is 11.5 Å². The maximum atomic E-state index is 10.9. The smallest absolute Gasteiger partial charge is 0.277 e. The zero-order chi connectivity index (χ0) is 13.1. The molecule has 18 heavy (non-hydrogen) atoms. The molecule has 1 atom stereocenters. The molecule has 0 radical (unpaired) electrons. The van der Waals surface area contributed by atoms with E-state index >= 15 is 0 Å². The largest absolute Gasteiger partial charge is 0.394 e. The molecule has 1 aromatic heterocycles. The van der Waals surface area contributed by atoms with Crippen LogP contribution in [0.25, 0.3) is 0 Å². The van der Waals surface area contributed by atoms with Crippen LogP contribution in [0, 0.1) is 17.0 Å². The fourth-order valence-corrected chi connectivity index (χ4v) is 2.35. The van der Waals surface area contributed by atoms with Crippen LogP contribution in [0.5, 0.6) is 0 Å². The van der Waals surface area contributed by atoms with Crippen LogP contribution in [-0.4, -0.2) is 34.2 Å². The van der Waals surface area contributed by atoms with E-state index in [1.807, 2.05) is 4.90 Å². The van der Waals surface area contributed by atoms with Gasteiger partial charge in [0, 0.05) is 18.3 Å². The minimum atomic E-state index is -0.390. The zero-order valence-electron chi connectivity index (χ0n) is 10.4. The predicted molar refractivity (Wildman–Crippen MR) is 67.7 cm³/mol. The number of nitrogens with zero attached hydrogens (tertiary/aromatic N) is 3. The summed E-state index contributed by atoms with van der Waals surface area (Å²) in [5.41, 5.74) is 0.642. The Morgan fingerprint density at radius 2 is 2.39 bits per heavy atom. The lowest BCUT2D eigenvalue weighted by molar-refractivity contribution is -0.385. The molecule has 1 aliphatic rings. The highest BCUT2D eigenvalue weighted by Gasteiger charge is 2.24. The average molecular weight is 251 g/mol. The first-order valence-electron chi connectivity index (χ1n) is 6.12. The molecule has 0 bridgehead atoms. The van der Waals surface area contributed by atoms with Gasteiger partial charge in [0.15, 0.2) is 0 Å². The number of aryl methyl sites for hydroxylation is 1. The summed E-state index contributed by atoms with van der Waals surface area (Å²) in [6, 6.07) is 1.53. The van der Waals surface area contributed by atoms with Crippen molar-refractivity contribution in [3.8, 4) is 0 Å². The molecule has 98 valence electrons. The molecule has 1 fully saturated rings. The van der Waals surface area contributed by atoms with Crippen molar-refractivity contribution in [2.75, 3.05) is 18.1 Å². The lowest BCUT2D eigenvalue weighted by Crippen LogP contribution is -2.42. The van der Waals surface area contributed by atoms with Crippen molar-refractivity contribution in [3.05, 3.63) is 27.9 Å². The molecular weight excluding hydrogens is 234 g/mol. The van der Waals surface area contributed by atoms with E-state index in [4.69, 9.17) is 0 Å². The van der Waals surface area contributed by atoms with Crippen molar-refractivity contribution in [1.29, 1.82) is 0 Å². The maximum Gasteiger partial charge on any atom is 0.277 e. The third kappa shape index (κ3) is 2.43. The lowest BCUT2D eigenvalue weighted by atomic mass is 10.0. The third-order valence-corrected chi connectivity index (χ3v) is 3.39. The molecule has 1 aromatic rings. The molecule has 1 aliphatic heterocycles. The van der Waals surface area contributed by atoms with E-state index in [0.717, 1.165) is 25.8 Å². The Hall–Kier alpha value is -1.69. The topological polar surface area (TPSA) is 79.5 Å². The Bertz CT molecular complexity index is 450. The Labute approximate surface area is 105 Å². The van der Waals surface area contributed by atoms with Crippen molar-refractivity contribution in [2.45, 2.75) is 32.2 Å². The summed E-state index contributed by atoms with van der Waals surface area (Å²) in [6.45, 7) is 2.52.